The van der Waals surface area contributed by atoms with E-state index in [2.05, 4.69) is 17.5 Å². The average molecular weight is 311 g/mol. The van der Waals surface area contributed by atoms with Crippen molar-refractivity contribution in [2.24, 2.45) is 5.10 Å². The van der Waals surface area contributed by atoms with Crippen LogP contribution < -0.4 is 5.43 Å². The van der Waals surface area contributed by atoms with Crippen molar-refractivity contribution < 1.29 is 9.72 Å². The third kappa shape index (κ3) is 7.55. The van der Waals surface area contributed by atoms with Crippen LogP contribution in [0.1, 0.15) is 56.7 Å². The van der Waals surface area contributed by atoms with Crippen molar-refractivity contribution in [3.63, 3.8) is 0 Å². The number of nitrogens with zero attached hydrogens (tertiary/aromatic N) is 2. The third-order valence-corrected chi connectivity index (χ3v) is 3.90. The van der Waals surface area contributed by atoms with Gasteiger partial charge in [0.25, 0.3) is 0 Å². The van der Waals surface area contributed by atoms with E-state index in [1.807, 2.05) is 0 Å². The number of carbonyl (C=O) groups excluding carboxylic acids is 1. The maximum Gasteiger partial charge on any atom is 0.324 e. The van der Waals surface area contributed by atoms with Crippen molar-refractivity contribution in [1.29, 1.82) is 0 Å². The molecule has 0 aromatic carbocycles. The van der Waals surface area contributed by atoms with Gasteiger partial charge in [-0.25, -0.2) is 5.43 Å². The maximum absolute atomic E-state index is 11.5. The Morgan fingerprint density at radius 2 is 2.05 bits per heavy atom. The molecule has 0 atom stereocenters. The van der Waals surface area contributed by atoms with Gasteiger partial charge in [0.15, 0.2) is 0 Å². The highest BCUT2D eigenvalue weighted by Crippen LogP contribution is 2.22. The number of carbonyl (C=O) groups is 1. The first-order valence-electron chi connectivity index (χ1n) is 7.19. The SMILES string of the molecule is CCCCCCCCC(=O)N/N=C/c1ccc([N+](=O)[O-])s1. The Morgan fingerprint density at radius 3 is 2.71 bits per heavy atom. The zero-order chi connectivity index (χ0) is 15.5. The second kappa shape index (κ2) is 10.0. The molecular formula is C14H21N3O3S. The lowest BCUT2D eigenvalue weighted by Gasteiger charge is -2.00. The normalized spacial score (nSPS) is 10.9. The Kier molecular flexibility index (Phi) is 8.27. The van der Waals surface area contributed by atoms with Gasteiger partial charge >= 0.3 is 5.00 Å². The van der Waals surface area contributed by atoms with Crippen molar-refractivity contribution in [1.82, 2.24) is 5.43 Å². The molecule has 1 aromatic rings. The molecule has 0 unspecified atom stereocenters. The first-order chi connectivity index (χ1) is 10.1. The largest absolute Gasteiger partial charge is 0.324 e. The van der Waals surface area contributed by atoms with E-state index in [-0.39, 0.29) is 10.9 Å². The molecule has 0 aliphatic rings. The molecule has 116 valence electrons. The van der Waals surface area contributed by atoms with Gasteiger partial charge in [0.05, 0.1) is 16.0 Å². The number of hydrazone groups is 1. The summed E-state index contributed by atoms with van der Waals surface area (Å²) in [6.07, 6.45) is 8.70. The van der Waals surface area contributed by atoms with E-state index >= 15 is 0 Å². The molecule has 0 aliphatic heterocycles. The molecule has 1 rings (SSSR count). The molecule has 0 fully saturated rings. The fourth-order valence-corrected chi connectivity index (χ4v) is 2.49. The second-order valence-corrected chi connectivity index (χ2v) is 5.84. The Morgan fingerprint density at radius 1 is 1.33 bits per heavy atom. The number of thiophene rings is 1. The van der Waals surface area contributed by atoms with Crippen LogP contribution in [0.5, 0.6) is 0 Å². The van der Waals surface area contributed by atoms with Crippen LogP contribution in [0.15, 0.2) is 17.2 Å². The Hall–Kier alpha value is -1.76. The molecule has 1 heterocycles. The molecule has 1 aromatic heterocycles. The predicted octanol–water partition coefficient (Wildman–Crippen LogP) is 3.86. The summed E-state index contributed by atoms with van der Waals surface area (Å²) in [4.78, 5) is 22.2. The van der Waals surface area contributed by atoms with Gasteiger partial charge in [-0.1, -0.05) is 50.4 Å². The van der Waals surface area contributed by atoms with Crippen LogP contribution in [0.25, 0.3) is 0 Å². The van der Waals surface area contributed by atoms with Gasteiger partial charge in [-0.15, -0.1) is 0 Å². The summed E-state index contributed by atoms with van der Waals surface area (Å²) in [7, 11) is 0. The molecule has 21 heavy (non-hydrogen) atoms. The molecule has 0 saturated heterocycles. The summed E-state index contributed by atoms with van der Waals surface area (Å²) in [5.74, 6) is -0.118. The molecule has 6 nitrogen and oxygen atoms in total. The van der Waals surface area contributed by atoms with Crippen molar-refractivity contribution in [3.8, 4) is 0 Å². The molecule has 1 N–H and O–H groups in total. The van der Waals surface area contributed by atoms with Gasteiger partial charge in [0, 0.05) is 12.5 Å². The highest BCUT2D eigenvalue weighted by molar-refractivity contribution is 7.16. The number of unbranched alkanes of at least 4 members (excludes halogenated alkanes) is 5. The van der Waals surface area contributed by atoms with Gasteiger partial charge in [-0.05, 0) is 12.5 Å². The summed E-state index contributed by atoms with van der Waals surface area (Å²) in [6.45, 7) is 2.17. The first kappa shape index (κ1) is 17.3. The van der Waals surface area contributed by atoms with E-state index in [0.29, 0.717) is 11.3 Å². The van der Waals surface area contributed by atoms with Crippen molar-refractivity contribution in [3.05, 3.63) is 27.1 Å². The van der Waals surface area contributed by atoms with E-state index < -0.39 is 4.92 Å². The second-order valence-electron chi connectivity index (χ2n) is 4.74. The van der Waals surface area contributed by atoms with E-state index in [1.165, 1.54) is 38.0 Å². The Balaban J connectivity index is 2.17. The minimum atomic E-state index is -0.445. The number of amides is 1. The van der Waals surface area contributed by atoms with Crippen LogP contribution in [0.3, 0.4) is 0 Å². The summed E-state index contributed by atoms with van der Waals surface area (Å²) in [5, 5.41) is 14.4. The molecule has 0 aliphatic carbocycles. The number of hydrogen-bond acceptors (Lipinski definition) is 5. The van der Waals surface area contributed by atoms with E-state index in [4.69, 9.17) is 0 Å². The molecule has 0 saturated carbocycles. The van der Waals surface area contributed by atoms with Gasteiger partial charge in [0.2, 0.25) is 5.91 Å². The summed E-state index contributed by atoms with van der Waals surface area (Å²) in [6, 6.07) is 3.02. The van der Waals surface area contributed by atoms with Crippen molar-refractivity contribution in [2.45, 2.75) is 51.9 Å². The summed E-state index contributed by atoms with van der Waals surface area (Å²) < 4.78 is 0. The zero-order valence-corrected chi connectivity index (χ0v) is 13.0. The molecule has 0 spiro atoms. The predicted molar refractivity (Wildman–Crippen MR) is 84.7 cm³/mol. The molecule has 0 radical (unpaired) electrons. The maximum atomic E-state index is 11.5. The van der Waals surface area contributed by atoms with Crippen LogP contribution in [0, 0.1) is 10.1 Å². The quantitative estimate of drug-likeness (QED) is 0.308. The summed E-state index contributed by atoms with van der Waals surface area (Å²) >= 11 is 1.02. The van der Waals surface area contributed by atoms with Crippen molar-refractivity contribution >= 4 is 28.5 Å². The van der Waals surface area contributed by atoms with Gasteiger partial charge < -0.3 is 0 Å². The number of rotatable bonds is 10. The molecule has 7 heteroatoms. The number of hydrogen-bond donors (Lipinski definition) is 1. The lowest BCUT2D eigenvalue weighted by atomic mass is 10.1. The van der Waals surface area contributed by atoms with Crippen molar-refractivity contribution in [2.75, 3.05) is 0 Å². The molecule has 0 bridgehead atoms. The zero-order valence-electron chi connectivity index (χ0n) is 12.2. The van der Waals surface area contributed by atoms with E-state index in [1.54, 1.807) is 6.07 Å². The fraction of sp³-hybridized carbons (Fsp3) is 0.571. The topological polar surface area (TPSA) is 84.6 Å². The highest BCUT2D eigenvalue weighted by atomic mass is 32.1. The lowest BCUT2D eigenvalue weighted by Crippen LogP contribution is -2.16. The van der Waals surface area contributed by atoms with Crippen LogP contribution in [0.2, 0.25) is 0 Å². The molecular weight excluding hydrogens is 290 g/mol. The van der Waals surface area contributed by atoms with Gasteiger partial charge in [-0.3, -0.25) is 14.9 Å². The number of nitro groups is 1. The Bertz CT molecular complexity index is 486. The van der Waals surface area contributed by atoms with Crippen LogP contribution in [-0.2, 0) is 4.79 Å². The van der Waals surface area contributed by atoms with Gasteiger partial charge in [0.1, 0.15) is 0 Å². The fourth-order valence-electron chi connectivity index (χ4n) is 1.80. The highest BCUT2D eigenvalue weighted by Gasteiger charge is 2.08. The van der Waals surface area contributed by atoms with Crippen LogP contribution >= 0.6 is 11.3 Å². The van der Waals surface area contributed by atoms with Crippen LogP contribution in [0.4, 0.5) is 5.00 Å². The van der Waals surface area contributed by atoms with E-state index in [9.17, 15) is 14.9 Å². The third-order valence-electron chi connectivity index (χ3n) is 2.93. The minimum Gasteiger partial charge on any atom is -0.273 e. The first-order valence-corrected chi connectivity index (χ1v) is 8.01. The monoisotopic (exact) mass is 311 g/mol. The number of nitrogens with one attached hydrogen (secondary N) is 1. The molecule has 1 amide bonds. The van der Waals surface area contributed by atoms with Gasteiger partial charge in [-0.2, -0.15) is 5.10 Å². The lowest BCUT2D eigenvalue weighted by molar-refractivity contribution is -0.380. The smallest absolute Gasteiger partial charge is 0.273 e. The van der Waals surface area contributed by atoms with E-state index in [0.717, 1.165) is 24.2 Å². The standard InChI is InChI=1S/C14H21N3O3S/c1-2-3-4-5-6-7-8-13(18)16-15-11-12-9-10-14(21-12)17(19)20/h9-11H,2-8H2,1H3,(H,16,18)/b15-11+. The Labute approximate surface area is 128 Å². The average Bonchev–Trinajstić information content (AvgIpc) is 2.92. The van der Waals surface area contributed by atoms with Crippen LogP contribution in [-0.4, -0.2) is 17.0 Å². The minimum absolute atomic E-state index is 0.0647. The summed E-state index contributed by atoms with van der Waals surface area (Å²) in [5.41, 5.74) is 2.44.